The van der Waals surface area contributed by atoms with Gasteiger partial charge < -0.3 is 10.7 Å². The van der Waals surface area contributed by atoms with Gasteiger partial charge in [0.25, 0.3) is 0 Å². The molecule has 0 saturated heterocycles. The molecule has 0 fully saturated rings. The molecule has 1 aliphatic heterocycles. The van der Waals surface area contributed by atoms with Gasteiger partial charge in [0, 0.05) is 24.5 Å². The van der Waals surface area contributed by atoms with Crippen molar-refractivity contribution in [3.8, 4) is 0 Å². The minimum atomic E-state index is -4.23. The normalized spacial score (nSPS) is 19.2. The third kappa shape index (κ3) is 3.97. The van der Waals surface area contributed by atoms with E-state index in [1.54, 1.807) is 11.9 Å². The first-order valence-electron chi connectivity index (χ1n) is 7.05. The average molecular weight is 331 g/mol. The van der Waals surface area contributed by atoms with E-state index in [4.69, 9.17) is 5.73 Å². The first-order valence-corrected chi connectivity index (χ1v) is 7.69. The van der Waals surface area contributed by atoms with E-state index in [1.165, 1.54) is 0 Å². The standard InChI is InChI=1S/C15H20F3N3S/c1-10-13(8-15(16,17)18)21(6-7-22)20-14(10)12-4-2-11(9-19)3-5-12/h2-5,14,20,22H,6-9,19H2,1H3. The lowest BCUT2D eigenvalue weighted by Crippen LogP contribution is -2.36. The molecule has 0 bridgehead atoms. The van der Waals surface area contributed by atoms with E-state index in [0.717, 1.165) is 11.1 Å². The number of rotatable bonds is 5. The summed E-state index contributed by atoms with van der Waals surface area (Å²) in [5.74, 6) is 0.473. The zero-order valence-electron chi connectivity index (χ0n) is 12.3. The second-order valence-electron chi connectivity index (χ2n) is 5.30. The smallest absolute Gasteiger partial charge is 0.326 e. The van der Waals surface area contributed by atoms with Gasteiger partial charge in [-0.3, -0.25) is 0 Å². The average Bonchev–Trinajstić information content (AvgIpc) is 2.75. The van der Waals surface area contributed by atoms with Crippen LogP contribution in [0.25, 0.3) is 0 Å². The van der Waals surface area contributed by atoms with Crippen LogP contribution in [-0.2, 0) is 6.54 Å². The number of hydrogen-bond donors (Lipinski definition) is 3. The first-order chi connectivity index (χ1) is 10.4. The molecule has 3 nitrogen and oxygen atoms in total. The molecule has 1 atom stereocenters. The molecule has 3 N–H and O–H groups in total. The van der Waals surface area contributed by atoms with Crippen molar-refractivity contribution in [2.24, 2.45) is 5.73 Å². The van der Waals surface area contributed by atoms with Gasteiger partial charge in [0.1, 0.15) is 0 Å². The number of halogens is 3. The van der Waals surface area contributed by atoms with Gasteiger partial charge in [-0.25, -0.2) is 5.43 Å². The van der Waals surface area contributed by atoms with Crippen LogP contribution in [0, 0.1) is 0 Å². The molecule has 122 valence electrons. The molecule has 2 rings (SSSR count). The molecule has 0 spiro atoms. The molecule has 1 unspecified atom stereocenters. The Bertz CT molecular complexity index is 540. The monoisotopic (exact) mass is 331 g/mol. The van der Waals surface area contributed by atoms with Gasteiger partial charge >= 0.3 is 6.18 Å². The molecule has 1 heterocycles. The number of thiol groups is 1. The summed E-state index contributed by atoms with van der Waals surface area (Å²) in [4.78, 5) is 0. The Labute approximate surface area is 133 Å². The Balaban J connectivity index is 2.28. The van der Waals surface area contributed by atoms with Gasteiger partial charge in [0.05, 0.1) is 12.5 Å². The van der Waals surface area contributed by atoms with E-state index < -0.39 is 12.6 Å². The van der Waals surface area contributed by atoms with Gasteiger partial charge in [-0.15, -0.1) is 0 Å². The predicted molar refractivity (Wildman–Crippen MR) is 84.1 cm³/mol. The minimum Gasteiger partial charge on any atom is -0.326 e. The highest BCUT2D eigenvalue weighted by Gasteiger charge is 2.37. The molecule has 0 amide bonds. The summed E-state index contributed by atoms with van der Waals surface area (Å²) in [6.07, 6.45) is -5.16. The summed E-state index contributed by atoms with van der Waals surface area (Å²) in [6.45, 7) is 2.61. The lowest BCUT2D eigenvalue weighted by Gasteiger charge is -2.24. The number of nitrogens with one attached hydrogen (secondary N) is 1. The van der Waals surface area contributed by atoms with Crippen molar-refractivity contribution in [1.82, 2.24) is 10.4 Å². The van der Waals surface area contributed by atoms with E-state index in [9.17, 15) is 13.2 Å². The number of nitrogens with two attached hydrogens (primary N) is 1. The molecule has 0 aromatic heterocycles. The Morgan fingerprint density at radius 3 is 2.41 bits per heavy atom. The fraction of sp³-hybridized carbons (Fsp3) is 0.467. The summed E-state index contributed by atoms with van der Waals surface area (Å²) in [5.41, 5.74) is 11.6. The fourth-order valence-corrected chi connectivity index (χ4v) is 2.80. The molecule has 0 saturated carbocycles. The maximum Gasteiger partial charge on any atom is 0.394 e. The van der Waals surface area contributed by atoms with Crippen molar-refractivity contribution >= 4 is 12.6 Å². The summed E-state index contributed by atoms with van der Waals surface area (Å²) < 4.78 is 38.4. The van der Waals surface area contributed by atoms with Gasteiger partial charge in [-0.1, -0.05) is 24.3 Å². The lowest BCUT2D eigenvalue weighted by atomic mass is 9.98. The van der Waals surface area contributed by atoms with Crippen LogP contribution in [0.3, 0.4) is 0 Å². The van der Waals surface area contributed by atoms with E-state index in [2.05, 4.69) is 18.1 Å². The van der Waals surface area contributed by atoms with Gasteiger partial charge in [0.2, 0.25) is 0 Å². The summed E-state index contributed by atoms with van der Waals surface area (Å²) in [6, 6.07) is 7.35. The third-order valence-corrected chi connectivity index (χ3v) is 3.94. The zero-order valence-corrected chi connectivity index (χ0v) is 13.2. The van der Waals surface area contributed by atoms with Crippen molar-refractivity contribution in [3.63, 3.8) is 0 Å². The SMILES string of the molecule is CC1=C(CC(F)(F)F)N(CCS)NC1c1ccc(CN)cc1. The molecule has 1 aromatic rings. The summed E-state index contributed by atoms with van der Waals surface area (Å²) in [5, 5.41) is 1.57. The van der Waals surface area contributed by atoms with E-state index in [-0.39, 0.29) is 11.7 Å². The van der Waals surface area contributed by atoms with Crippen LogP contribution in [0.15, 0.2) is 35.5 Å². The van der Waals surface area contributed by atoms with Crippen molar-refractivity contribution in [3.05, 3.63) is 46.7 Å². The largest absolute Gasteiger partial charge is 0.394 e. The second kappa shape index (κ2) is 6.93. The van der Waals surface area contributed by atoms with E-state index in [1.807, 2.05) is 24.3 Å². The maximum atomic E-state index is 12.8. The predicted octanol–water partition coefficient (Wildman–Crippen LogP) is 3.16. The molecular formula is C15H20F3N3S. The molecule has 22 heavy (non-hydrogen) atoms. The summed E-state index contributed by atoms with van der Waals surface area (Å²) >= 11 is 4.12. The van der Waals surface area contributed by atoms with Gasteiger partial charge in [-0.2, -0.15) is 25.8 Å². The molecular weight excluding hydrogens is 311 g/mol. The first kappa shape index (κ1) is 17.2. The number of nitrogens with zero attached hydrogens (tertiary/aromatic N) is 1. The Kier molecular flexibility index (Phi) is 5.41. The highest BCUT2D eigenvalue weighted by molar-refractivity contribution is 7.80. The van der Waals surface area contributed by atoms with E-state index in [0.29, 0.717) is 24.4 Å². The number of allylic oxidation sites excluding steroid dienone is 1. The van der Waals surface area contributed by atoms with Crippen molar-refractivity contribution in [1.29, 1.82) is 0 Å². The molecule has 0 radical (unpaired) electrons. The van der Waals surface area contributed by atoms with Crippen LogP contribution in [0.2, 0.25) is 0 Å². The number of benzene rings is 1. The molecule has 0 aliphatic carbocycles. The fourth-order valence-electron chi connectivity index (χ4n) is 2.60. The highest BCUT2D eigenvalue weighted by atomic mass is 32.1. The molecule has 7 heteroatoms. The van der Waals surface area contributed by atoms with Crippen LogP contribution in [0.1, 0.15) is 30.5 Å². The highest BCUT2D eigenvalue weighted by Crippen LogP contribution is 2.37. The van der Waals surface area contributed by atoms with Gasteiger partial charge in [0.15, 0.2) is 0 Å². The maximum absolute atomic E-state index is 12.8. The quantitative estimate of drug-likeness (QED) is 0.726. The number of hydrogen-bond acceptors (Lipinski definition) is 4. The lowest BCUT2D eigenvalue weighted by molar-refractivity contribution is -0.130. The Morgan fingerprint density at radius 2 is 1.91 bits per heavy atom. The van der Waals surface area contributed by atoms with Crippen LogP contribution in [0.4, 0.5) is 13.2 Å². The minimum absolute atomic E-state index is 0.246. The number of alkyl halides is 3. The van der Waals surface area contributed by atoms with E-state index >= 15 is 0 Å². The van der Waals surface area contributed by atoms with Crippen LogP contribution in [0.5, 0.6) is 0 Å². The van der Waals surface area contributed by atoms with Crippen LogP contribution >= 0.6 is 12.6 Å². The van der Waals surface area contributed by atoms with Crippen molar-refractivity contribution < 1.29 is 13.2 Å². The third-order valence-electron chi connectivity index (χ3n) is 3.74. The van der Waals surface area contributed by atoms with Crippen molar-refractivity contribution in [2.45, 2.75) is 32.1 Å². The second-order valence-corrected chi connectivity index (χ2v) is 5.75. The Morgan fingerprint density at radius 1 is 1.27 bits per heavy atom. The molecule has 1 aliphatic rings. The van der Waals surface area contributed by atoms with Crippen molar-refractivity contribution in [2.75, 3.05) is 12.3 Å². The van der Waals surface area contributed by atoms with Gasteiger partial charge in [-0.05, 0) is 23.6 Å². The number of hydrazine groups is 1. The summed E-state index contributed by atoms with van der Waals surface area (Å²) in [7, 11) is 0. The molecule has 1 aromatic carbocycles. The Hall–Kier alpha value is -1.18. The zero-order chi connectivity index (χ0) is 16.3. The van der Waals surface area contributed by atoms with Crippen LogP contribution < -0.4 is 11.2 Å². The van der Waals surface area contributed by atoms with Crippen LogP contribution in [-0.4, -0.2) is 23.5 Å². The topological polar surface area (TPSA) is 41.3 Å².